The summed E-state index contributed by atoms with van der Waals surface area (Å²) in [6.07, 6.45) is 3.98. The van der Waals surface area contributed by atoms with E-state index in [-0.39, 0.29) is 18.5 Å². The molecule has 0 fully saturated rings. The van der Waals surface area contributed by atoms with Crippen molar-refractivity contribution < 1.29 is 14.9 Å². The van der Waals surface area contributed by atoms with E-state index < -0.39 is 5.91 Å². The Hall–Kier alpha value is -1.89. The summed E-state index contributed by atoms with van der Waals surface area (Å²) in [5, 5.41) is 6.09. The van der Waals surface area contributed by atoms with Crippen molar-refractivity contribution >= 4 is 39.8 Å². The molecule has 1 aliphatic carbocycles. The number of carbonyl (C=O) groups excluding carboxylic acids is 2. The Morgan fingerprint density at radius 2 is 2.04 bits per heavy atom. The fourth-order valence-corrected chi connectivity index (χ4v) is 4.97. The molecule has 138 valence electrons. The van der Waals surface area contributed by atoms with Gasteiger partial charge in [-0.1, -0.05) is 29.8 Å². The van der Waals surface area contributed by atoms with Gasteiger partial charge in [-0.15, -0.1) is 11.3 Å². The van der Waals surface area contributed by atoms with Gasteiger partial charge in [0.2, 0.25) is 0 Å². The average molecular weight is 393 g/mol. The maximum Gasteiger partial charge on any atom is 0.280 e. The molecule has 0 saturated heterocycles. The second kappa shape index (κ2) is 8.20. The minimum atomic E-state index is -0.465. The average Bonchev–Trinajstić information content (AvgIpc) is 2.98. The second-order valence-corrected chi connectivity index (χ2v) is 8.09. The van der Waals surface area contributed by atoms with Crippen LogP contribution in [0.15, 0.2) is 24.3 Å². The highest BCUT2D eigenvalue weighted by Crippen LogP contribution is 2.37. The van der Waals surface area contributed by atoms with Crippen LogP contribution in [0.2, 0.25) is 5.02 Å². The number of aryl methyl sites for hydroxylation is 1. The standard InChI is InChI=1S/C19H22ClN3O2S/c1-11(12-6-2-4-8-14(12)20)22-10-16(24)23-19-17(18(21)25)13-7-3-5-9-15(13)26-19/h2,4,6,8,11,22H,3,5,7,9-10H2,1H3,(H2,21,25)(H,23,24)/p+1/t11-/m1/s1. The van der Waals surface area contributed by atoms with Crippen LogP contribution in [0.25, 0.3) is 0 Å². The quantitative estimate of drug-likeness (QED) is 0.705. The van der Waals surface area contributed by atoms with Crippen LogP contribution in [0.3, 0.4) is 0 Å². The Morgan fingerprint density at radius 1 is 1.31 bits per heavy atom. The number of thiophene rings is 1. The Balaban J connectivity index is 1.66. The van der Waals surface area contributed by atoms with Crippen molar-refractivity contribution in [3.8, 4) is 0 Å². The first-order valence-electron chi connectivity index (χ1n) is 8.79. The van der Waals surface area contributed by atoms with Crippen LogP contribution in [0.4, 0.5) is 5.00 Å². The van der Waals surface area contributed by atoms with Crippen molar-refractivity contribution in [3.63, 3.8) is 0 Å². The van der Waals surface area contributed by atoms with Gasteiger partial charge < -0.3 is 16.4 Å². The summed E-state index contributed by atoms with van der Waals surface area (Å²) in [5.74, 6) is -0.613. The molecule has 26 heavy (non-hydrogen) atoms. The zero-order valence-electron chi connectivity index (χ0n) is 14.7. The summed E-state index contributed by atoms with van der Waals surface area (Å²) in [7, 11) is 0. The first-order chi connectivity index (χ1) is 12.5. The predicted octanol–water partition coefficient (Wildman–Crippen LogP) is 2.64. The van der Waals surface area contributed by atoms with E-state index in [9.17, 15) is 9.59 Å². The predicted molar refractivity (Wildman–Crippen MR) is 105 cm³/mol. The molecule has 0 unspecified atom stereocenters. The lowest BCUT2D eigenvalue weighted by Crippen LogP contribution is -2.86. The number of hydrogen-bond acceptors (Lipinski definition) is 3. The van der Waals surface area contributed by atoms with Crippen molar-refractivity contribution in [2.24, 2.45) is 5.73 Å². The highest BCUT2D eigenvalue weighted by atomic mass is 35.5. The fraction of sp³-hybridized carbons (Fsp3) is 0.368. The highest BCUT2D eigenvalue weighted by Gasteiger charge is 2.25. The number of amides is 2. The molecule has 2 amide bonds. The topological polar surface area (TPSA) is 88.8 Å². The van der Waals surface area contributed by atoms with E-state index in [1.807, 2.05) is 36.5 Å². The maximum absolute atomic E-state index is 12.4. The smallest absolute Gasteiger partial charge is 0.280 e. The number of benzene rings is 1. The number of nitrogens with two attached hydrogens (primary N) is 2. The molecule has 1 aromatic heterocycles. The molecule has 1 heterocycles. The minimum absolute atomic E-state index is 0.0570. The summed E-state index contributed by atoms with van der Waals surface area (Å²) >= 11 is 7.69. The van der Waals surface area contributed by atoms with Gasteiger partial charge in [-0.2, -0.15) is 0 Å². The van der Waals surface area contributed by atoms with Crippen LogP contribution >= 0.6 is 22.9 Å². The Kier molecular flexibility index (Phi) is 5.96. The molecule has 0 aliphatic heterocycles. The molecule has 1 aliphatic rings. The zero-order valence-corrected chi connectivity index (χ0v) is 16.3. The van der Waals surface area contributed by atoms with E-state index in [1.54, 1.807) is 0 Å². The lowest BCUT2D eigenvalue weighted by Gasteiger charge is -2.12. The molecular formula is C19H23ClN3O2S+. The van der Waals surface area contributed by atoms with E-state index >= 15 is 0 Å². The third kappa shape index (κ3) is 4.09. The van der Waals surface area contributed by atoms with Crippen LogP contribution in [0, 0.1) is 0 Å². The van der Waals surface area contributed by atoms with Crippen molar-refractivity contribution in [1.29, 1.82) is 0 Å². The molecule has 7 heteroatoms. The third-order valence-corrected chi connectivity index (χ3v) is 6.27. The Morgan fingerprint density at radius 3 is 2.77 bits per heavy atom. The second-order valence-electron chi connectivity index (χ2n) is 6.58. The van der Waals surface area contributed by atoms with Crippen molar-refractivity contribution in [2.75, 3.05) is 11.9 Å². The van der Waals surface area contributed by atoms with E-state index in [0.717, 1.165) is 36.8 Å². The molecule has 0 bridgehead atoms. The van der Waals surface area contributed by atoms with Gasteiger partial charge in [0.1, 0.15) is 11.0 Å². The number of primary amides is 1. The van der Waals surface area contributed by atoms with Gasteiger partial charge in [0.15, 0.2) is 6.54 Å². The Bertz CT molecular complexity index is 834. The number of rotatable bonds is 6. The SMILES string of the molecule is C[C@@H]([NH2+]CC(=O)Nc1sc2c(c1C(N)=O)CCCC2)c1ccccc1Cl. The van der Waals surface area contributed by atoms with Gasteiger partial charge in [0.05, 0.1) is 5.56 Å². The molecular weight excluding hydrogens is 370 g/mol. The zero-order chi connectivity index (χ0) is 18.7. The Labute approximate surface area is 161 Å². The van der Waals surface area contributed by atoms with Gasteiger partial charge in [0, 0.05) is 15.5 Å². The van der Waals surface area contributed by atoms with Gasteiger partial charge >= 0.3 is 0 Å². The van der Waals surface area contributed by atoms with E-state index in [1.165, 1.54) is 16.2 Å². The molecule has 3 rings (SSSR count). The monoisotopic (exact) mass is 392 g/mol. The molecule has 0 saturated carbocycles. The lowest BCUT2D eigenvalue weighted by molar-refractivity contribution is -0.682. The first-order valence-corrected chi connectivity index (χ1v) is 9.98. The minimum Gasteiger partial charge on any atom is -0.365 e. The van der Waals surface area contributed by atoms with Crippen LogP contribution in [0.5, 0.6) is 0 Å². The molecule has 0 radical (unpaired) electrons. The third-order valence-electron chi connectivity index (χ3n) is 4.72. The highest BCUT2D eigenvalue weighted by molar-refractivity contribution is 7.17. The van der Waals surface area contributed by atoms with Crippen molar-refractivity contribution in [3.05, 3.63) is 50.9 Å². The lowest BCUT2D eigenvalue weighted by atomic mass is 9.95. The van der Waals surface area contributed by atoms with Gasteiger partial charge in [-0.3, -0.25) is 9.59 Å². The van der Waals surface area contributed by atoms with Crippen LogP contribution in [-0.4, -0.2) is 18.4 Å². The number of nitrogens with one attached hydrogen (secondary N) is 1. The summed E-state index contributed by atoms with van der Waals surface area (Å²) in [6, 6.07) is 7.67. The molecule has 1 aromatic carbocycles. The summed E-state index contributed by atoms with van der Waals surface area (Å²) < 4.78 is 0. The van der Waals surface area contributed by atoms with Gasteiger partial charge in [-0.05, 0) is 44.2 Å². The number of anilines is 1. The summed E-state index contributed by atoms with van der Waals surface area (Å²) in [6.45, 7) is 2.25. The number of quaternary nitrogens is 1. The fourth-order valence-electron chi connectivity index (χ4n) is 3.35. The maximum atomic E-state index is 12.4. The largest absolute Gasteiger partial charge is 0.365 e. The molecule has 5 N–H and O–H groups in total. The normalized spacial score (nSPS) is 14.5. The number of hydrogen-bond donors (Lipinski definition) is 3. The number of fused-ring (bicyclic) bond motifs is 1. The van der Waals surface area contributed by atoms with E-state index in [0.29, 0.717) is 15.6 Å². The van der Waals surface area contributed by atoms with Crippen LogP contribution in [-0.2, 0) is 17.6 Å². The van der Waals surface area contributed by atoms with Gasteiger partial charge in [-0.25, -0.2) is 0 Å². The van der Waals surface area contributed by atoms with E-state index in [4.69, 9.17) is 17.3 Å². The number of halogens is 1. The molecule has 0 spiro atoms. The van der Waals surface area contributed by atoms with E-state index in [2.05, 4.69) is 5.32 Å². The van der Waals surface area contributed by atoms with Crippen LogP contribution in [0.1, 0.15) is 52.2 Å². The molecule has 1 atom stereocenters. The van der Waals surface area contributed by atoms with Crippen LogP contribution < -0.4 is 16.4 Å². The van der Waals surface area contributed by atoms with Gasteiger partial charge in [0.25, 0.3) is 11.8 Å². The molecule has 5 nitrogen and oxygen atoms in total. The van der Waals surface area contributed by atoms with Crippen molar-refractivity contribution in [1.82, 2.24) is 0 Å². The number of carbonyl (C=O) groups is 2. The van der Waals surface area contributed by atoms with Crippen molar-refractivity contribution in [2.45, 2.75) is 38.6 Å². The summed E-state index contributed by atoms with van der Waals surface area (Å²) in [5.41, 5.74) is 8.08. The molecule has 2 aromatic rings. The summed E-state index contributed by atoms with van der Waals surface area (Å²) in [4.78, 5) is 25.5. The first kappa shape index (κ1) is 18.9.